The van der Waals surface area contributed by atoms with Crippen molar-refractivity contribution in [1.82, 2.24) is 9.78 Å². The summed E-state index contributed by atoms with van der Waals surface area (Å²) in [6.45, 7) is 4.73. The molecule has 1 N–H and O–H groups in total. The summed E-state index contributed by atoms with van der Waals surface area (Å²) in [7, 11) is 0. The predicted octanol–water partition coefficient (Wildman–Crippen LogP) is 1.94. The third kappa shape index (κ3) is 3.34. The molecule has 4 heteroatoms. The van der Waals surface area contributed by atoms with Gasteiger partial charge in [-0.2, -0.15) is 5.10 Å². The maximum Gasteiger partial charge on any atom is 0.122 e. The number of rotatable bonds is 5. The van der Waals surface area contributed by atoms with Crippen molar-refractivity contribution in [3.8, 4) is 5.75 Å². The lowest BCUT2D eigenvalue weighted by atomic mass is 10.1. The minimum absolute atomic E-state index is 0.268. The number of aliphatic hydroxyl groups excluding tert-OH is 1. The van der Waals surface area contributed by atoms with Crippen molar-refractivity contribution in [3.63, 3.8) is 0 Å². The van der Waals surface area contributed by atoms with Gasteiger partial charge in [-0.3, -0.25) is 4.68 Å². The van der Waals surface area contributed by atoms with E-state index in [1.165, 1.54) is 0 Å². The van der Waals surface area contributed by atoms with Crippen LogP contribution in [0.15, 0.2) is 36.7 Å². The number of hydrogen-bond acceptors (Lipinski definition) is 3. The normalized spacial score (nSPS) is 12.4. The van der Waals surface area contributed by atoms with Gasteiger partial charge >= 0.3 is 0 Å². The van der Waals surface area contributed by atoms with Crippen molar-refractivity contribution in [2.45, 2.75) is 26.5 Å². The number of nitrogens with zero attached hydrogens (tertiary/aromatic N) is 2. The zero-order chi connectivity index (χ0) is 13.0. The van der Waals surface area contributed by atoms with Gasteiger partial charge in [0.2, 0.25) is 0 Å². The molecule has 96 valence electrons. The second-order valence-corrected chi connectivity index (χ2v) is 4.46. The molecule has 1 heterocycles. The first-order valence-corrected chi connectivity index (χ1v) is 6.00. The smallest absolute Gasteiger partial charge is 0.122 e. The maximum absolute atomic E-state index is 9.86. The summed E-state index contributed by atoms with van der Waals surface area (Å²) in [4.78, 5) is 0. The van der Waals surface area contributed by atoms with Crippen LogP contribution in [0.5, 0.6) is 5.75 Å². The van der Waals surface area contributed by atoms with E-state index in [2.05, 4.69) is 5.10 Å². The van der Waals surface area contributed by atoms with Crippen molar-refractivity contribution < 1.29 is 9.84 Å². The number of ether oxygens (including phenoxy) is 1. The highest BCUT2D eigenvalue weighted by Gasteiger charge is 2.08. The van der Waals surface area contributed by atoms with E-state index in [1.54, 1.807) is 10.9 Å². The largest absolute Gasteiger partial charge is 0.491 e. The van der Waals surface area contributed by atoms with Crippen molar-refractivity contribution >= 4 is 0 Å². The molecule has 0 amide bonds. The summed E-state index contributed by atoms with van der Waals surface area (Å²) in [6, 6.07) is 7.88. The Hall–Kier alpha value is -1.81. The van der Waals surface area contributed by atoms with Crippen molar-refractivity contribution in [3.05, 3.63) is 47.8 Å². The summed E-state index contributed by atoms with van der Waals surface area (Å²) in [5.74, 6) is 0.828. The third-order valence-electron chi connectivity index (χ3n) is 2.73. The monoisotopic (exact) mass is 246 g/mol. The molecule has 0 aliphatic rings. The summed E-state index contributed by atoms with van der Waals surface area (Å²) in [5, 5.41) is 13.9. The fraction of sp³-hybridized carbons (Fsp3) is 0.357. The molecule has 0 saturated carbocycles. The molecule has 0 fully saturated rings. The van der Waals surface area contributed by atoms with E-state index < -0.39 is 6.10 Å². The zero-order valence-electron chi connectivity index (χ0n) is 10.7. The number of aliphatic hydroxyl groups is 1. The van der Waals surface area contributed by atoms with Crippen LogP contribution in [0.3, 0.4) is 0 Å². The first kappa shape index (κ1) is 12.6. The fourth-order valence-corrected chi connectivity index (χ4v) is 1.73. The van der Waals surface area contributed by atoms with Gasteiger partial charge in [0.05, 0.1) is 6.54 Å². The lowest BCUT2D eigenvalue weighted by molar-refractivity contribution is 0.0890. The second kappa shape index (κ2) is 5.69. The molecule has 0 saturated heterocycles. The van der Waals surface area contributed by atoms with E-state index in [0.29, 0.717) is 6.54 Å². The average molecular weight is 246 g/mol. The molecule has 4 nitrogen and oxygen atoms in total. The van der Waals surface area contributed by atoms with Gasteiger partial charge in [-0.15, -0.1) is 0 Å². The van der Waals surface area contributed by atoms with Crippen LogP contribution in [0.1, 0.15) is 11.1 Å². The minimum Gasteiger partial charge on any atom is -0.491 e. The quantitative estimate of drug-likeness (QED) is 0.877. The van der Waals surface area contributed by atoms with Crippen LogP contribution >= 0.6 is 0 Å². The van der Waals surface area contributed by atoms with Crippen molar-refractivity contribution in [1.29, 1.82) is 0 Å². The summed E-state index contributed by atoms with van der Waals surface area (Å²) in [6.07, 6.45) is 2.95. The lowest BCUT2D eigenvalue weighted by Crippen LogP contribution is -2.24. The molecule has 0 radical (unpaired) electrons. The van der Waals surface area contributed by atoms with E-state index in [0.717, 1.165) is 16.9 Å². The van der Waals surface area contributed by atoms with Crippen LogP contribution in [0.2, 0.25) is 0 Å². The third-order valence-corrected chi connectivity index (χ3v) is 2.73. The topological polar surface area (TPSA) is 47.3 Å². The van der Waals surface area contributed by atoms with Crippen LogP contribution in [0, 0.1) is 13.8 Å². The molecular formula is C14H18N2O2. The Kier molecular flexibility index (Phi) is 3.99. The van der Waals surface area contributed by atoms with Gasteiger partial charge in [0, 0.05) is 12.4 Å². The molecule has 1 aromatic heterocycles. The summed E-state index contributed by atoms with van der Waals surface area (Å²) in [5.41, 5.74) is 2.23. The Labute approximate surface area is 107 Å². The van der Waals surface area contributed by atoms with Gasteiger partial charge in [0.1, 0.15) is 18.5 Å². The minimum atomic E-state index is -0.565. The van der Waals surface area contributed by atoms with Crippen LogP contribution in [-0.2, 0) is 6.54 Å². The van der Waals surface area contributed by atoms with Crippen LogP contribution < -0.4 is 4.74 Å². The standard InChI is InChI=1S/C14H18N2O2/c1-11-4-5-12(2)14(8-11)18-10-13(17)9-16-7-3-6-15-16/h3-8,13,17H,9-10H2,1-2H3/t13-/m0/s1. The number of benzene rings is 1. The Morgan fingerprint density at radius 3 is 2.94 bits per heavy atom. The number of aromatic nitrogens is 2. The second-order valence-electron chi connectivity index (χ2n) is 4.46. The molecule has 0 aliphatic heterocycles. The molecule has 1 atom stereocenters. The Morgan fingerprint density at radius 1 is 1.39 bits per heavy atom. The highest BCUT2D eigenvalue weighted by molar-refractivity contribution is 5.35. The van der Waals surface area contributed by atoms with Crippen molar-refractivity contribution in [2.75, 3.05) is 6.61 Å². The van der Waals surface area contributed by atoms with Gasteiger partial charge in [-0.05, 0) is 37.1 Å². The summed E-state index contributed by atoms with van der Waals surface area (Å²) >= 11 is 0. The number of hydrogen-bond donors (Lipinski definition) is 1. The van der Waals surface area contributed by atoms with E-state index in [-0.39, 0.29) is 6.61 Å². The average Bonchev–Trinajstić information content (AvgIpc) is 2.83. The zero-order valence-corrected chi connectivity index (χ0v) is 10.7. The molecule has 18 heavy (non-hydrogen) atoms. The number of aryl methyl sites for hydroxylation is 2. The van der Waals surface area contributed by atoms with Gasteiger partial charge in [-0.1, -0.05) is 12.1 Å². The molecule has 1 aromatic carbocycles. The Balaban J connectivity index is 1.89. The lowest BCUT2D eigenvalue weighted by Gasteiger charge is -2.14. The molecular weight excluding hydrogens is 228 g/mol. The van der Waals surface area contributed by atoms with Gasteiger partial charge in [0.25, 0.3) is 0 Å². The highest BCUT2D eigenvalue weighted by atomic mass is 16.5. The van der Waals surface area contributed by atoms with E-state index >= 15 is 0 Å². The van der Waals surface area contributed by atoms with E-state index in [9.17, 15) is 5.11 Å². The highest BCUT2D eigenvalue weighted by Crippen LogP contribution is 2.19. The van der Waals surface area contributed by atoms with Crippen molar-refractivity contribution in [2.24, 2.45) is 0 Å². The van der Waals surface area contributed by atoms with Gasteiger partial charge in [-0.25, -0.2) is 0 Å². The van der Waals surface area contributed by atoms with Crippen LogP contribution in [0.4, 0.5) is 0 Å². The fourth-order valence-electron chi connectivity index (χ4n) is 1.73. The molecule has 0 bridgehead atoms. The van der Waals surface area contributed by atoms with Crippen LogP contribution in [-0.4, -0.2) is 27.6 Å². The summed E-state index contributed by atoms with van der Waals surface area (Å²) < 4.78 is 7.33. The van der Waals surface area contributed by atoms with Gasteiger partial charge in [0.15, 0.2) is 0 Å². The predicted molar refractivity (Wildman–Crippen MR) is 69.6 cm³/mol. The van der Waals surface area contributed by atoms with E-state index in [1.807, 2.05) is 44.3 Å². The molecule has 0 spiro atoms. The molecule has 0 unspecified atom stereocenters. The maximum atomic E-state index is 9.86. The van der Waals surface area contributed by atoms with Gasteiger partial charge < -0.3 is 9.84 Å². The SMILES string of the molecule is Cc1ccc(C)c(OC[C@@H](O)Cn2cccn2)c1. The molecule has 2 aromatic rings. The van der Waals surface area contributed by atoms with E-state index in [4.69, 9.17) is 4.74 Å². The Bertz CT molecular complexity index is 495. The first-order valence-electron chi connectivity index (χ1n) is 6.00. The first-order chi connectivity index (χ1) is 8.65. The van der Waals surface area contributed by atoms with Crippen LogP contribution in [0.25, 0.3) is 0 Å². The Morgan fingerprint density at radius 2 is 2.22 bits per heavy atom. The molecule has 0 aliphatic carbocycles. The molecule has 2 rings (SSSR count).